The highest BCUT2D eigenvalue weighted by Gasteiger charge is 2.28. The van der Waals surface area contributed by atoms with E-state index in [0.717, 1.165) is 83.5 Å². The minimum absolute atomic E-state index is 0.237. The van der Waals surface area contributed by atoms with Crippen molar-refractivity contribution in [1.82, 2.24) is 4.98 Å². The first-order chi connectivity index (χ1) is 30.4. The molecule has 0 saturated carbocycles. The molecule has 12 aromatic rings. The molecule has 3 heterocycles. The highest BCUT2D eigenvalue weighted by Crippen LogP contribution is 2.52. The van der Waals surface area contributed by atoms with Gasteiger partial charge in [-0.2, -0.15) is 0 Å². The van der Waals surface area contributed by atoms with E-state index in [9.17, 15) is 0 Å². The van der Waals surface area contributed by atoms with Crippen LogP contribution in [0.2, 0.25) is 0 Å². The third kappa shape index (κ3) is 5.37. The summed E-state index contributed by atoms with van der Waals surface area (Å²) in [6, 6.07) is 60.7. The lowest BCUT2D eigenvalue weighted by molar-refractivity contribution is 0.668. The van der Waals surface area contributed by atoms with Gasteiger partial charge in [-0.25, -0.2) is 4.98 Å². The van der Waals surface area contributed by atoms with Gasteiger partial charge in [0.1, 0.15) is 17.0 Å². The highest BCUT2D eigenvalue weighted by molar-refractivity contribution is 6.30. The van der Waals surface area contributed by atoms with Gasteiger partial charge in [-0.15, -0.1) is 0 Å². The molecule has 298 valence electrons. The van der Waals surface area contributed by atoms with Crippen molar-refractivity contribution in [3.8, 4) is 0 Å². The van der Waals surface area contributed by atoms with Crippen molar-refractivity contribution in [3.63, 3.8) is 0 Å². The van der Waals surface area contributed by atoms with Gasteiger partial charge in [0, 0.05) is 44.2 Å². The van der Waals surface area contributed by atoms with Crippen LogP contribution in [0.15, 0.2) is 185 Å². The van der Waals surface area contributed by atoms with E-state index >= 15 is 0 Å². The van der Waals surface area contributed by atoms with Gasteiger partial charge in [0.15, 0.2) is 11.2 Å². The molecular weight excluding hydrogens is 759 g/mol. The molecule has 0 amide bonds. The van der Waals surface area contributed by atoms with Gasteiger partial charge in [-0.3, -0.25) is 4.90 Å². The molecule has 0 saturated heterocycles. The predicted molar refractivity (Wildman–Crippen MR) is 260 cm³/mol. The Morgan fingerprint density at radius 3 is 1.39 bits per heavy atom. The van der Waals surface area contributed by atoms with Crippen LogP contribution < -0.4 is 9.80 Å². The Hall–Kier alpha value is -7.63. The van der Waals surface area contributed by atoms with Gasteiger partial charge >= 0.3 is 0 Å². The smallest absolute Gasteiger partial charge is 0.159 e. The van der Waals surface area contributed by atoms with E-state index in [-0.39, 0.29) is 11.8 Å². The van der Waals surface area contributed by atoms with Crippen LogP contribution in [0.3, 0.4) is 0 Å². The van der Waals surface area contributed by atoms with Crippen LogP contribution in [-0.4, -0.2) is 4.98 Å². The molecule has 0 N–H and O–H groups in total. The summed E-state index contributed by atoms with van der Waals surface area (Å²) < 4.78 is 13.5. The summed E-state index contributed by atoms with van der Waals surface area (Å²) in [4.78, 5) is 9.75. The Balaban J connectivity index is 1.21. The van der Waals surface area contributed by atoms with E-state index in [2.05, 4.69) is 189 Å². The van der Waals surface area contributed by atoms with Crippen molar-refractivity contribution in [3.05, 3.63) is 187 Å². The molecule has 12 rings (SSSR count). The maximum atomic E-state index is 6.77. The number of pyridine rings is 1. The Kier molecular flexibility index (Phi) is 8.16. The van der Waals surface area contributed by atoms with Gasteiger partial charge in [-0.05, 0) is 105 Å². The summed E-state index contributed by atoms with van der Waals surface area (Å²) in [5, 5.41) is 11.7. The van der Waals surface area contributed by atoms with Gasteiger partial charge in [-0.1, -0.05) is 137 Å². The summed E-state index contributed by atoms with van der Waals surface area (Å²) in [6.07, 6.45) is 1.88. The van der Waals surface area contributed by atoms with E-state index in [1.54, 1.807) is 0 Å². The zero-order valence-corrected chi connectivity index (χ0v) is 35.1. The summed E-state index contributed by atoms with van der Waals surface area (Å²) in [5.74, 6) is 1.31. The fourth-order valence-corrected chi connectivity index (χ4v) is 10.00. The van der Waals surface area contributed by atoms with E-state index < -0.39 is 0 Å². The third-order valence-electron chi connectivity index (χ3n) is 12.8. The quantitative estimate of drug-likeness (QED) is 0.143. The van der Waals surface area contributed by atoms with Gasteiger partial charge in [0.05, 0.1) is 22.7 Å². The molecule has 0 aliphatic heterocycles. The van der Waals surface area contributed by atoms with Gasteiger partial charge < -0.3 is 13.7 Å². The molecule has 5 heteroatoms. The molecule has 62 heavy (non-hydrogen) atoms. The Labute approximate surface area is 359 Å². The standard InChI is InChI=1S/C57H43N3O2/c1-34(2)45-32-49(59(36-16-6-5-7-17-36)47-22-14-20-41-37-18-8-10-24-51(37)61-56(41)47)43-29-27-40-46(35(3)4)33-50(44-30-28-39(45)54(43)55(40)44)60(53-26-12-13-31-58-53)48-23-15-21-42-38-19-9-11-25-52(38)62-57(42)48/h5-35H,1-4H3. The normalized spacial score (nSPS) is 12.2. The van der Waals surface area contributed by atoms with Crippen LogP contribution in [0.1, 0.15) is 50.7 Å². The van der Waals surface area contributed by atoms with Crippen molar-refractivity contribution in [2.45, 2.75) is 39.5 Å². The third-order valence-corrected chi connectivity index (χ3v) is 12.8. The monoisotopic (exact) mass is 801 g/mol. The molecule has 0 spiro atoms. The lowest BCUT2D eigenvalue weighted by Gasteiger charge is -2.31. The largest absolute Gasteiger partial charge is 0.454 e. The number of hydrogen-bond donors (Lipinski definition) is 0. The summed E-state index contributed by atoms with van der Waals surface area (Å²) in [5.41, 5.74) is 11.2. The van der Waals surface area contributed by atoms with Crippen LogP contribution in [-0.2, 0) is 0 Å². The molecule has 5 nitrogen and oxygen atoms in total. The van der Waals surface area contributed by atoms with Crippen LogP contribution in [0.5, 0.6) is 0 Å². The molecule has 0 unspecified atom stereocenters. The van der Waals surface area contributed by atoms with Crippen LogP contribution >= 0.6 is 0 Å². The second kappa shape index (κ2) is 14.0. The SMILES string of the molecule is CC(C)c1cc(N(c2ccccc2)c2cccc3c2oc2ccccc23)c2ccc3c(C(C)C)cc(N(c4ccccn4)c4cccc5c4oc4ccccc45)c4ccc1c2c34. The number of rotatable bonds is 8. The molecule has 9 aromatic carbocycles. The molecule has 0 aliphatic rings. The second-order valence-electron chi connectivity index (χ2n) is 17.0. The number of nitrogens with zero attached hydrogens (tertiary/aromatic N) is 3. The lowest BCUT2D eigenvalue weighted by atomic mass is 9.84. The van der Waals surface area contributed by atoms with Crippen LogP contribution in [0.25, 0.3) is 76.2 Å². The average Bonchev–Trinajstić information content (AvgIpc) is 3.89. The maximum Gasteiger partial charge on any atom is 0.159 e. The number of fused-ring (bicyclic) bond motifs is 6. The summed E-state index contributed by atoms with van der Waals surface area (Å²) >= 11 is 0. The molecule has 0 bridgehead atoms. The minimum atomic E-state index is 0.237. The Morgan fingerprint density at radius 2 is 0.855 bits per heavy atom. The number of benzene rings is 9. The molecule has 0 fully saturated rings. The zero-order valence-electron chi connectivity index (χ0n) is 35.1. The fourth-order valence-electron chi connectivity index (χ4n) is 10.00. The fraction of sp³-hybridized carbons (Fsp3) is 0.105. The van der Waals surface area contributed by atoms with Gasteiger partial charge in [0.2, 0.25) is 0 Å². The van der Waals surface area contributed by atoms with E-state index in [0.29, 0.717) is 0 Å². The molecule has 3 aromatic heterocycles. The molecule has 0 atom stereocenters. The topological polar surface area (TPSA) is 45.7 Å². The van der Waals surface area contributed by atoms with E-state index in [1.807, 2.05) is 24.4 Å². The number of furan rings is 2. The van der Waals surface area contributed by atoms with Crippen LogP contribution in [0, 0.1) is 0 Å². The first kappa shape index (κ1) is 36.2. The number of aromatic nitrogens is 1. The molecule has 0 radical (unpaired) electrons. The highest BCUT2D eigenvalue weighted by atomic mass is 16.3. The number of para-hydroxylation sites is 5. The predicted octanol–water partition coefficient (Wildman–Crippen LogP) is 17.0. The zero-order chi connectivity index (χ0) is 41.6. The molecule has 0 aliphatic carbocycles. The van der Waals surface area contributed by atoms with Crippen molar-refractivity contribution in [2.24, 2.45) is 0 Å². The van der Waals surface area contributed by atoms with Crippen molar-refractivity contribution < 1.29 is 8.83 Å². The Bertz CT molecular complexity index is 3420. The minimum Gasteiger partial charge on any atom is -0.454 e. The number of hydrogen-bond acceptors (Lipinski definition) is 5. The van der Waals surface area contributed by atoms with Crippen LogP contribution in [0.4, 0.5) is 34.3 Å². The number of anilines is 6. The van der Waals surface area contributed by atoms with Crippen molar-refractivity contribution in [1.29, 1.82) is 0 Å². The first-order valence-corrected chi connectivity index (χ1v) is 21.6. The first-order valence-electron chi connectivity index (χ1n) is 21.6. The van der Waals surface area contributed by atoms with Crippen molar-refractivity contribution in [2.75, 3.05) is 9.80 Å². The van der Waals surface area contributed by atoms with Crippen molar-refractivity contribution >= 4 is 110 Å². The summed E-state index contributed by atoms with van der Waals surface area (Å²) in [6.45, 7) is 9.23. The van der Waals surface area contributed by atoms with E-state index in [4.69, 9.17) is 13.8 Å². The van der Waals surface area contributed by atoms with Gasteiger partial charge in [0.25, 0.3) is 0 Å². The van der Waals surface area contributed by atoms with E-state index in [1.165, 1.54) is 38.1 Å². The average molecular weight is 802 g/mol. The maximum absolute atomic E-state index is 6.77. The second-order valence-corrected chi connectivity index (χ2v) is 17.0. The Morgan fingerprint density at radius 1 is 0.387 bits per heavy atom. The summed E-state index contributed by atoms with van der Waals surface area (Å²) in [7, 11) is 0. The molecular formula is C57H43N3O2. The lowest BCUT2D eigenvalue weighted by Crippen LogP contribution is -2.14.